The maximum atomic E-state index is 11.6. The molecule has 0 radical (unpaired) electrons. The summed E-state index contributed by atoms with van der Waals surface area (Å²) in [6.07, 6.45) is 1.58. The van der Waals surface area contributed by atoms with Gasteiger partial charge in [-0.05, 0) is 6.42 Å². The molecule has 1 N–H and O–H groups in total. The van der Waals surface area contributed by atoms with Crippen LogP contribution in [0.25, 0.3) is 0 Å². The van der Waals surface area contributed by atoms with Crippen LogP contribution in [0.1, 0.15) is 12.8 Å². The number of carbonyl (C=O) groups excluding carboxylic acids is 1. The number of carbonyl (C=O) groups is 1. The van der Waals surface area contributed by atoms with Gasteiger partial charge in [-0.15, -0.1) is 24.0 Å². The van der Waals surface area contributed by atoms with Gasteiger partial charge in [0.2, 0.25) is 5.91 Å². The van der Waals surface area contributed by atoms with Gasteiger partial charge in [-0.2, -0.15) is 0 Å². The molecule has 1 fully saturated rings. The summed E-state index contributed by atoms with van der Waals surface area (Å²) in [7, 11) is 6.99. The van der Waals surface area contributed by atoms with Crippen LogP contribution in [-0.2, 0) is 14.3 Å². The Bertz CT molecular complexity index is 367. The van der Waals surface area contributed by atoms with Crippen LogP contribution in [0.4, 0.5) is 0 Å². The molecule has 0 aromatic heterocycles. The van der Waals surface area contributed by atoms with Gasteiger partial charge >= 0.3 is 0 Å². The van der Waals surface area contributed by atoms with Crippen molar-refractivity contribution in [3.63, 3.8) is 0 Å². The largest absolute Gasteiger partial charge is 0.382 e. The normalized spacial score (nSPS) is 17.8. The monoisotopic (exact) mass is 442 g/mol. The summed E-state index contributed by atoms with van der Waals surface area (Å²) in [6.45, 7) is 4.56. The Morgan fingerprint density at radius 2 is 2.13 bits per heavy atom. The highest BCUT2D eigenvalue weighted by atomic mass is 127. The summed E-state index contributed by atoms with van der Waals surface area (Å²) in [5.41, 5.74) is 0. The topological polar surface area (TPSA) is 66.4 Å². The fraction of sp³-hybridized carbons (Fsp3) is 0.867. The zero-order valence-corrected chi connectivity index (χ0v) is 17.0. The number of nitrogens with zero attached hydrogens (tertiary/aromatic N) is 3. The van der Waals surface area contributed by atoms with Crippen LogP contribution in [0, 0.1) is 5.92 Å². The van der Waals surface area contributed by atoms with Gasteiger partial charge in [-0.1, -0.05) is 0 Å². The maximum absolute atomic E-state index is 11.6. The Morgan fingerprint density at radius 1 is 1.39 bits per heavy atom. The molecular weight excluding hydrogens is 411 g/mol. The van der Waals surface area contributed by atoms with E-state index in [0.29, 0.717) is 32.1 Å². The van der Waals surface area contributed by atoms with Gasteiger partial charge in [-0.3, -0.25) is 9.79 Å². The number of hydrogen-bond acceptors (Lipinski definition) is 4. The second kappa shape index (κ2) is 12.8. The lowest BCUT2D eigenvalue weighted by Gasteiger charge is -2.22. The van der Waals surface area contributed by atoms with Crippen molar-refractivity contribution in [1.29, 1.82) is 0 Å². The van der Waals surface area contributed by atoms with Crippen molar-refractivity contribution in [2.24, 2.45) is 10.9 Å². The van der Waals surface area contributed by atoms with Crippen LogP contribution in [-0.4, -0.2) is 89.4 Å². The SMILES string of the molecule is CN=C(NCCC(=O)N(C)C)N1CCC(COCCOC)C1.I. The van der Waals surface area contributed by atoms with Crippen molar-refractivity contribution in [3.8, 4) is 0 Å². The highest BCUT2D eigenvalue weighted by Gasteiger charge is 2.24. The summed E-state index contributed by atoms with van der Waals surface area (Å²) < 4.78 is 10.6. The standard InChI is InChI=1S/C15H30N4O3.HI/c1-16-15(17-7-5-14(20)18(2)3)19-8-6-13(11-19)12-22-10-9-21-4;/h13H,5-12H2,1-4H3,(H,16,17);1H. The zero-order chi connectivity index (χ0) is 16.4. The first-order valence-electron chi connectivity index (χ1n) is 7.81. The number of aliphatic imine (C=N–C) groups is 1. The summed E-state index contributed by atoms with van der Waals surface area (Å²) in [5, 5.41) is 3.26. The molecule has 0 saturated carbocycles. The Kier molecular flexibility index (Phi) is 12.4. The quantitative estimate of drug-likeness (QED) is 0.259. The number of hydrogen-bond donors (Lipinski definition) is 1. The number of nitrogens with one attached hydrogen (secondary N) is 1. The van der Waals surface area contributed by atoms with Gasteiger partial charge in [0, 0.05) is 60.2 Å². The van der Waals surface area contributed by atoms with Gasteiger partial charge in [-0.25, -0.2) is 0 Å². The molecule has 1 amide bonds. The first-order chi connectivity index (χ1) is 10.6. The Balaban J connectivity index is 0.00000484. The van der Waals surface area contributed by atoms with Crippen LogP contribution in [0.3, 0.4) is 0 Å². The lowest BCUT2D eigenvalue weighted by molar-refractivity contribution is -0.128. The maximum Gasteiger partial charge on any atom is 0.223 e. The molecule has 0 spiro atoms. The number of rotatable bonds is 8. The average molecular weight is 442 g/mol. The molecule has 0 aromatic carbocycles. The van der Waals surface area contributed by atoms with E-state index >= 15 is 0 Å². The van der Waals surface area contributed by atoms with Crippen molar-refractivity contribution in [2.45, 2.75) is 12.8 Å². The third kappa shape index (κ3) is 8.71. The number of methoxy groups -OCH3 is 1. The average Bonchev–Trinajstić information content (AvgIpc) is 2.96. The molecule has 1 atom stereocenters. The van der Waals surface area contributed by atoms with E-state index in [1.165, 1.54) is 0 Å². The van der Waals surface area contributed by atoms with E-state index in [9.17, 15) is 4.79 Å². The van der Waals surface area contributed by atoms with Gasteiger partial charge in [0.1, 0.15) is 0 Å². The Morgan fingerprint density at radius 3 is 2.74 bits per heavy atom. The van der Waals surface area contributed by atoms with E-state index in [1.807, 2.05) is 0 Å². The van der Waals surface area contributed by atoms with E-state index < -0.39 is 0 Å². The first-order valence-corrected chi connectivity index (χ1v) is 7.81. The molecule has 0 aromatic rings. The first kappa shape index (κ1) is 22.4. The van der Waals surface area contributed by atoms with E-state index in [0.717, 1.165) is 32.1 Å². The third-order valence-corrected chi connectivity index (χ3v) is 3.70. The predicted molar refractivity (Wildman–Crippen MR) is 102 cm³/mol. The van der Waals surface area contributed by atoms with Crippen LogP contribution >= 0.6 is 24.0 Å². The summed E-state index contributed by atoms with van der Waals surface area (Å²) >= 11 is 0. The van der Waals surface area contributed by atoms with Crippen molar-refractivity contribution in [1.82, 2.24) is 15.1 Å². The number of ether oxygens (including phenoxy) is 2. The van der Waals surface area contributed by atoms with Gasteiger partial charge in [0.15, 0.2) is 5.96 Å². The van der Waals surface area contributed by atoms with E-state index in [2.05, 4.69) is 15.2 Å². The molecule has 0 aliphatic carbocycles. The lowest BCUT2D eigenvalue weighted by atomic mass is 10.1. The Hall–Kier alpha value is -0.610. The molecule has 1 aliphatic heterocycles. The van der Waals surface area contributed by atoms with Crippen LogP contribution in [0.2, 0.25) is 0 Å². The fourth-order valence-electron chi connectivity index (χ4n) is 2.39. The van der Waals surface area contributed by atoms with Gasteiger partial charge < -0.3 is 24.6 Å². The molecule has 1 rings (SSSR count). The molecule has 1 unspecified atom stereocenters. The van der Waals surface area contributed by atoms with Crippen LogP contribution in [0.15, 0.2) is 4.99 Å². The summed E-state index contributed by atoms with van der Waals surface area (Å²) in [5.74, 6) is 1.51. The molecule has 1 heterocycles. The minimum Gasteiger partial charge on any atom is -0.382 e. The van der Waals surface area contributed by atoms with Crippen molar-refractivity contribution >= 4 is 35.8 Å². The molecular formula is C15H31IN4O3. The molecule has 0 bridgehead atoms. The van der Waals surface area contributed by atoms with E-state index in [-0.39, 0.29) is 29.9 Å². The minimum absolute atomic E-state index is 0. The number of amides is 1. The molecule has 1 aliphatic rings. The summed E-state index contributed by atoms with van der Waals surface area (Å²) in [6, 6.07) is 0. The van der Waals surface area contributed by atoms with Crippen LogP contribution in [0.5, 0.6) is 0 Å². The minimum atomic E-state index is 0. The highest BCUT2D eigenvalue weighted by Crippen LogP contribution is 2.16. The fourth-order valence-corrected chi connectivity index (χ4v) is 2.39. The Labute approximate surface area is 156 Å². The van der Waals surface area contributed by atoms with Crippen molar-refractivity contribution in [3.05, 3.63) is 0 Å². The van der Waals surface area contributed by atoms with E-state index in [1.54, 1.807) is 33.2 Å². The lowest BCUT2D eigenvalue weighted by Crippen LogP contribution is -2.41. The molecule has 1 saturated heterocycles. The number of likely N-dealkylation sites (tertiary alicyclic amines) is 1. The summed E-state index contributed by atoms with van der Waals surface area (Å²) in [4.78, 5) is 19.7. The second-order valence-electron chi connectivity index (χ2n) is 5.68. The van der Waals surface area contributed by atoms with Crippen molar-refractivity contribution < 1.29 is 14.3 Å². The number of halogens is 1. The van der Waals surface area contributed by atoms with E-state index in [4.69, 9.17) is 9.47 Å². The predicted octanol–water partition coefficient (Wildman–Crippen LogP) is 0.643. The smallest absolute Gasteiger partial charge is 0.223 e. The number of guanidine groups is 1. The molecule has 8 heteroatoms. The van der Waals surface area contributed by atoms with Gasteiger partial charge in [0.25, 0.3) is 0 Å². The molecule has 136 valence electrons. The zero-order valence-electron chi connectivity index (χ0n) is 14.7. The van der Waals surface area contributed by atoms with Crippen molar-refractivity contribution in [2.75, 3.05) is 67.7 Å². The van der Waals surface area contributed by atoms with Crippen LogP contribution < -0.4 is 5.32 Å². The van der Waals surface area contributed by atoms with Gasteiger partial charge in [0.05, 0.1) is 19.8 Å². The molecule has 7 nitrogen and oxygen atoms in total. The third-order valence-electron chi connectivity index (χ3n) is 3.70. The molecule has 23 heavy (non-hydrogen) atoms. The highest BCUT2D eigenvalue weighted by molar-refractivity contribution is 14.0. The second-order valence-corrected chi connectivity index (χ2v) is 5.68.